The van der Waals surface area contributed by atoms with Gasteiger partial charge in [0.1, 0.15) is 0 Å². The first-order valence-electron chi connectivity index (χ1n) is 6.56. The van der Waals surface area contributed by atoms with Crippen molar-refractivity contribution in [1.29, 1.82) is 0 Å². The molecule has 0 saturated heterocycles. The molecule has 0 radical (unpaired) electrons. The summed E-state index contributed by atoms with van der Waals surface area (Å²) in [5.41, 5.74) is -0.957. The van der Waals surface area contributed by atoms with Crippen molar-refractivity contribution < 1.29 is 14.6 Å². The van der Waals surface area contributed by atoms with Crippen molar-refractivity contribution in [3.8, 4) is 0 Å². The molecule has 1 N–H and O–H groups in total. The van der Waals surface area contributed by atoms with Crippen LogP contribution >= 0.6 is 0 Å². The second-order valence-electron chi connectivity index (χ2n) is 5.68. The van der Waals surface area contributed by atoms with Crippen LogP contribution in [0.1, 0.15) is 39.5 Å². The lowest BCUT2D eigenvalue weighted by Gasteiger charge is -2.31. The highest BCUT2D eigenvalue weighted by molar-refractivity contribution is 5.77. The molecule has 2 aliphatic rings. The van der Waals surface area contributed by atoms with Crippen molar-refractivity contribution >= 4 is 5.97 Å². The first kappa shape index (κ1) is 12.6. The van der Waals surface area contributed by atoms with Gasteiger partial charge in [-0.1, -0.05) is 19.1 Å². The minimum Gasteiger partial charge on any atom is -0.479 e. The summed E-state index contributed by atoms with van der Waals surface area (Å²) >= 11 is 0. The maximum absolute atomic E-state index is 11.3. The molecule has 0 aliphatic heterocycles. The molecule has 1 fully saturated rings. The Bertz CT molecular complexity index is 319. The molecule has 0 spiro atoms. The quantitative estimate of drug-likeness (QED) is 0.749. The fourth-order valence-corrected chi connectivity index (χ4v) is 2.51. The highest BCUT2D eigenvalue weighted by atomic mass is 16.5. The zero-order valence-corrected chi connectivity index (χ0v) is 10.7. The Balaban J connectivity index is 1.91. The number of rotatable bonds is 5. The predicted molar refractivity (Wildman–Crippen MR) is 65.7 cm³/mol. The summed E-state index contributed by atoms with van der Waals surface area (Å²) in [4.78, 5) is 11.3. The van der Waals surface area contributed by atoms with Crippen LogP contribution in [0.2, 0.25) is 0 Å². The second kappa shape index (κ2) is 4.81. The monoisotopic (exact) mass is 238 g/mol. The number of hydrogen-bond donors (Lipinski definition) is 1. The summed E-state index contributed by atoms with van der Waals surface area (Å²) in [6.07, 6.45) is 8.47. The van der Waals surface area contributed by atoms with Gasteiger partial charge in [-0.25, -0.2) is 4.79 Å². The van der Waals surface area contributed by atoms with Gasteiger partial charge in [0.15, 0.2) is 5.60 Å². The third-order valence-electron chi connectivity index (χ3n) is 4.30. The van der Waals surface area contributed by atoms with Gasteiger partial charge >= 0.3 is 5.97 Å². The maximum Gasteiger partial charge on any atom is 0.335 e. The van der Waals surface area contributed by atoms with E-state index in [4.69, 9.17) is 4.74 Å². The van der Waals surface area contributed by atoms with Gasteiger partial charge in [0.25, 0.3) is 0 Å². The van der Waals surface area contributed by atoms with E-state index in [-0.39, 0.29) is 5.92 Å². The van der Waals surface area contributed by atoms with Gasteiger partial charge in [0, 0.05) is 0 Å². The van der Waals surface area contributed by atoms with Crippen LogP contribution in [0.25, 0.3) is 0 Å². The van der Waals surface area contributed by atoms with Crippen molar-refractivity contribution in [2.24, 2.45) is 17.8 Å². The van der Waals surface area contributed by atoms with Crippen LogP contribution in [0, 0.1) is 17.8 Å². The number of carbonyl (C=O) groups is 1. The van der Waals surface area contributed by atoms with Crippen molar-refractivity contribution in [2.45, 2.75) is 45.1 Å². The number of carboxylic acid groups (broad SMARTS) is 1. The number of aliphatic carboxylic acids is 1. The Morgan fingerprint density at radius 2 is 2.06 bits per heavy atom. The Morgan fingerprint density at radius 3 is 2.59 bits per heavy atom. The van der Waals surface area contributed by atoms with Crippen LogP contribution in [0.15, 0.2) is 12.2 Å². The smallest absolute Gasteiger partial charge is 0.335 e. The Morgan fingerprint density at radius 1 is 1.41 bits per heavy atom. The summed E-state index contributed by atoms with van der Waals surface area (Å²) < 4.78 is 5.79. The molecule has 3 nitrogen and oxygen atoms in total. The van der Waals surface area contributed by atoms with Gasteiger partial charge < -0.3 is 9.84 Å². The zero-order valence-electron chi connectivity index (χ0n) is 10.7. The molecule has 96 valence electrons. The van der Waals surface area contributed by atoms with E-state index in [2.05, 4.69) is 19.1 Å². The van der Waals surface area contributed by atoms with Gasteiger partial charge in [-0.3, -0.25) is 0 Å². The largest absolute Gasteiger partial charge is 0.479 e. The lowest BCUT2D eigenvalue weighted by molar-refractivity contribution is -0.169. The predicted octanol–water partition coefficient (Wildman–Crippen LogP) is 2.86. The SMILES string of the molecule is CC1CC=CCC1COC(C)(C(=O)O)C1CC1. The third kappa shape index (κ3) is 2.71. The number of carboxylic acids is 1. The van der Waals surface area contributed by atoms with Crippen LogP contribution in [-0.2, 0) is 9.53 Å². The molecule has 3 heteroatoms. The van der Waals surface area contributed by atoms with Crippen LogP contribution in [0.4, 0.5) is 0 Å². The molecule has 0 aromatic heterocycles. The lowest BCUT2D eigenvalue weighted by Crippen LogP contribution is -2.42. The molecule has 3 unspecified atom stereocenters. The molecule has 0 aromatic carbocycles. The summed E-state index contributed by atoms with van der Waals surface area (Å²) in [6.45, 7) is 4.52. The Labute approximate surface area is 103 Å². The summed E-state index contributed by atoms with van der Waals surface area (Å²) in [5.74, 6) is 0.475. The van der Waals surface area contributed by atoms with E-state index in [9.17, 15) is 9.90 Å². The lowest BCUT2D eigenvalue weighted by atomic mass is 9.85. The molecule has 1 saturated carbocycles. The first-order chi connectivity index (χ1) is 8.04. The maximum atomic E-state index is 11.3. The summed E-state index contributed by atoms with van der Waals surface area (Å²) in [6, 6.07) is 0. The van der Waals surface area contributed by atoms with Crippen LogP contribution < -0.4 is 0 Å². The first-order valence-corrected chi connectivity index (χ1v) is 6.56. The number of hydrogen-bond acceptors (Lipinski definition) is 2. The number of ether oxygens (including phenoxy) is 1. The molecular weight excluding hydrogens is 216 g/mol. The molecule has 2 aliphatic carbocycles. The van der Waals surface area contributed by atoms with Crippen molar-refractivity contribution in [2.75, 3.05) is 6.61 Å². The van der Waals surface area contributed by atoms with Crippen LogP contribution in [0.5, 0.6) is 0 Å². The molecule has 17 heavy (non-hydrogen) atoms. The molecular formula is C14H22O3. The second-order valence-corrected chi connectivity index (χ2v) is 5.68. The third-order valence-corrected chi connectivity index (χ3v) is 4.30. The van der Waals surface area contributed by atoms with Crippen LogP contribution in [-0.4, -0.2) is 23.3 Å². The minimum atomic E-state index is -0.957. The number of allylic oxidation sites excluding steroid dienone is 2. The Hall–Kier alpha value is -0.830. The minimum absolute atomic E-state index is 0.217. The summed E-state index contributed by atoms with van der Waals surface area (Å²) in [7, 11) is 0. The molecule has 0 amide bonds. The zero-order chi connectivity index (χ0) is 12.5. The van der Waals surface area contributed by atoms with Gasteiger partial charge in [0.2, 0.25) is 0 Å². The van der Waals surface area contributed by atoms with E-state index in [0.717, 1.165) is 25.7 Å². The van der Waals surface area contributed by atoms with Gasteiger partial charge in [0.05, 0.1) is 6.61 Å². The molecule has 3 atom stereocenters. The van der Waals surface area contributed by atoms with E-state index in [1.165, 1.54) is 0 Å². The molecule has 2 rings (SSSR count). The fourth-order valence-electron chi connectivity index (χ4n) is 2.51. The molecule has 0 heterocycles. The Kier molecular flexibility index (Phi) is 3.57. The van der Waals surface area contributed by atoms with Crippen LogP contribution in [0.3, 0.4) is 0 Å². The van der Waals surface area contributed by atoms with E-state index in [1.54, 1.807) is 6.92 Å². The van der Waals surface area contributed by atoms with E-state index < -0.39 is 11.6 Å². The van der Waals surface area contributed by atoms with Crippen molar-refractivity contribution in [1.82, 2.24) is 0 Å². The topological polar surface area (TPSA) is 46.5 Å². The normalized spacial score (nSPS) is 32.1. The van der Waals surface area contributed by atoms with Gasteiger partial charge in [-0.2, -0.15) is 0 Å². The highest BCUT2D eigenvalue weighted by Gasteiger charge is 2.49. The van der Waals surface area contributed by atoms with Gasteiger partial charge in [-0.15, -0.1) is 0 Å². The van der Waals surface area contributed by atoms with E-state index >= 15 is 0 Å². The average molecular weight is 238 g/mol. The molecule has 0 bridgehead atoms. The van der Waals surface area contributed by atoms with Gasteiger partial charge in [-0.05, 0) is 50.4 Å². The summed E-state index contributed by atoms with van der Waals surface area (Å²) in [5, 5.41) is 9.30. The van der Waals surface area contributed by atoms with E-state index in [1.807, 2.05) is 0 Å². The standard InChI is InChI=1S/C14H22O3/c1-10-5-3-4-6-11(10)9-17-14(2,13(15)16)12-7-8-12/h3-4,10-12H,5-9H2,1-2H3,(H,15,16). The van der Waals surface area contributed by atoms with Crippen molar-refractivity contribution in [3.05, 3.63) is 12.2 Å². The highest BCUT2D eigenvalue weighted by Crippen LogP contribution is 2.42. The fraction of sp³-hybridized carbons (Fsp3) is 0.786. The van der Waals surface area contributed by atoms with E-state index in [0.29, 0.717) is 18.4 Å². The van der Waals surface area contributed by atoms with Crippen molar-refractivity contribution in [3.63, 3.8) is 0 Å². The molecule has 0 aromatic rings. The average Bonchev–Trinajstić information content (AvgIpc) is 3.11.